The summed E-state index contributed by atoms with van der Waals surface area (Å²) in [6, 6.07) is 6.00. The average Bonchev–Trinajstić information content (AvgIpc) is 2.81. The zero-order valence-corrected chi connectivity index (χ0v) is 13.1. The number of hydrogen-bond acceptors (Lipinski definition) is 4. The Kier molecular flexibility index (Phi) is 4.74. The number of benzene rings is 1. The van der Waals surface area contributed by atoms with Gasteiger partial charge in [-0.2, -0.15) is 0 Å². The summed E-state index contributed by atoms with van der Waals surface area (Å²) in [6.45, 7) is 0.277. The molecule has 0 unspecified atom stereocenters. The third kappa shape index (κ3) is 3.17. The molecule has 1 heterocycles. The van der Waals surface area contributed by atoms with Crippen molar-refractivity contribution in [1.82, 2.24) is 5.32 Å². The molecule has 0 saturated carbocycles. The quantitative estimate of drug-likeness (QED) is 0.648. The number of nitro groups is 1. The molecule has 0 spiro atoms. The van der Waals surface area contributed by atoms with Gasteiger partial charge in [0, 0.05) is 15.4 Å². The van der Waals surface area contributed by atoms with E-state index in [1.54, 1.807) is 0 Å². The molecule has 1 amide bonds. The van der Waals surface area contributed by atoms with E-state index < -0.39 is 10.8 Å². The summed E-state index contributed by atoms with van der Waals surface area (Å²) < 4.78 is 0.886. The third-order valence-electron chi connectivity index (χ3n) is 2.52. The molecular formula is C12H8BrClN2O3S. The number of amides is 1. The fraction of sp³-hybridized carbons (Fsp3) is 0.0833. The average molecular weight is 376 g/mol. The smallest absolute Gasteiger partial charge is 0.283 e. The second kappa shape index (κ2) is 6.34. The minimum Gasteiger partial charge on any atom is -0.347 e. The van der Waals surface area contributed by atoms with Gasteiger partial charge in [-0.3, -0.25) is 14.9 Å². The summed E-state index contributed by atoms with van der Waals surface area (Å²) >= 11 is 10.7. The Bertz CT molecular complexity index is 674. The molecule has 1 aromatic heterocycles. The Balaban J connectivity index is 2.21. The normalized spacial score (nSPS) is 10.3. The van der Waals surface area contributed by atoms with Crippen molar-refractivity contribution in [3.05, 3.63) is 59.7 Å². The molecule has 0 radical (unpaired) electrons. The molecule has 104 valence electrons. The van der Waals surface area contributed by atoms with Crippen LogP contribution in [0.15, 0.2) is 34.1 Å². The highest BCUT2D eigenvalue weighted by molar-refractivity contribution is 9.10. The molecule has 1 N–H and O–H groups in total. The molecule has 2 rings (SSSR count). The van der Waals surface area contributed by atoms with Crippen molar-refractivity contribution in [2.45, 2.75) is 6.54 Å². The van der Waals surface area contributed by atoms with Crippen LogP contribution in [-0.4, -0.2) is 10.8 Å². The van der Waals surface area contributed by atoms with Gasteiger partial charge in [0.2, 0.25) is 0 Å². The first-order valence-corrected chi connectivity index (χ1v) is 7.48. The van der Waals surface area contributed by atoms with Crippen LogP contribution < -0.4 is 5.32 Å². The van der Waals surface area contributed by atoms with Crippen molar-refractivity contribution >= 4 is 50.5 Å². The number of rotatable bonds is 4. The highest BCUT2D eigenvalue weighted by Crippen LogP contribution is 2.27. The lowest BCUT2D eigenvalue weighted by atomic mass is 10.1. The van der Waals surface area contributed by atoms with Gasteiger partial charge in [0.25, 0.3) is 11.6 Å². The SMILES string of the molecule is O=C(NCc1sccc1Br)c1c(Cl)cccc1[N+](=O)[O-]. The molecule has 20 heavy (non-hydrogen) atoms. The van der Waals surface area contributed by atoms with Gasteiger partial charge in [-0.25, -0.2) is 0 Å². The van der Waals surface area contributed by atoms with Crippen LogP contribution in [0.25, 0.3) is 0 Å². The lowest BCUT2D eigenvalue weighted by Gasteiger charge is -2.06. The molecular weight excluding hydrogens is 368 g/mol. The van der Waals surface area contributed by atoms with Gasteiger partial charge in [0.05, 0.1) is 16.5 Å². The van der Waals surface area contributed by atoms with E-state index in [1.807, 2.05) is 11.4 Å². The molecule has 8 heteroatoms. The second-order valence-corrected chi connectivity index (χ2v) is 6.03. The van der Waals surface area contributed by atoms with Crippen LogP contribution in [0.2, 0.25) is 5.02 Å². The number of hydrogen-bond donors (Lipinski definition) is 1. The first kappa shape index (κ1) is 15.0. The lowest BCUT2D eigenvalue weighted by Crippen LogP contribution is -2.23. The topological polar surface area (TPSA) is 72.2 Å². The van der Waals surface area contributed by atoms with Crippen LogP contribution in [0.1, 0.15) is 15.2 Å². The zero-order valence-electron chi connectivity index (χ0n) is 9.93. The van der Waals surface area contributed by atoms with Gasteiger partial charge in [-0.1, -0.05) is 17.7 Å². The molecule has 0 fully saturated rings. The molecule has 1 aromatic carbocycles. The van der Waals surface area contributed by atoms with Crippen molar-refractivity contribution in [2.75, 3.05) is 0 Å². The van der Waals surface area contributed by atoms with Crippen molar-refractivity contribution in [3.8, 4) is 0 Å². The molecule has 0 atom stereocenters. The minimum absolute atomic E-state index is 0.0574. The number of nitro benzene ring substituents is 1. The molecule has 0 aliphatic carbocycles. The number of thiophene rings is 1. The van der Waals surface area contributed by atoms with Crippen LogP contribution in [0.4, 0.5) is 5.69 Å². The second-order valence-electron chi connectivity index (χ2n) is 3.77. The maximum atomic E-state index is 12.1. The van der Waals surface area contributed by atoms with Crippen LogP contribution in [-0.2, 0) is 6.54 Å². The Labute approximate surface area is 131 Å². The van der Waals surface area contributed by atoms with Crippen molar-refractivity contribution in [2.24, 2.45) is 0 Å². The summed E-state index contributed by atoms with van der Waals surface area (Å²) in [6.07, 6.45) is 0. The number of halogens is 2. The molecule has 0 aliphatic rings. The zero-order chi connectivity index (χ0) is 14.7. The predicted molar refractivity (Wildman–Crippen MR) is 81.3 cm³/mol. The van der Waals surface area contributed by atoms with E-state index in [4.69, 9.17) is 11.6 Å². The summed E-state index contributed by atoms with van der Waals surface area (Å²) in [5.74, 6) is -0.567. The van der Waals surface area contributed by atoms with Gasteiger partial charge in [0.15, 0.2) is 0 Å². The van der Waals surface area contributed by atoms with Gasteiger partial charge in [-0.15, -0.1) is 11.3 Å². The van der Waals surface area contributed by atoms with E-state index in [9.17, 15) is 14.9 Å². The van der Waals surface area contributed by atoms with Gasteiger partial charge < -0.3 is 5.32 Å². The first-order valence-electron chi connectivity index (χ1n) is 5.43. The van der Waals surface area contributed by atoms with Crippen molar-refractivity contribution < 1.29 is 9.72 Å². The van der Waals surface area contributed by atoms with Crippen LogP contribution in [0.3, 0.4) is 0 Å². The van der Waals surface area contributed by atoms with Gasteiger partial charge in [-0.05, 0) is 33.4 Å². The van der Waals surface area contributed by atoms with Crippen molar-refractivity contribution in [1.29, 1.82) is 0 Å². The summed E-state index contributed by atoms with van der Waals surface area (Å²) in [5, 5.41) is 15.5. The Morgan fingerprint density at radius 2 is 2.20 bits per heavy atom. The van der Waals surface area contributed by atoms with E-state index in [2.05, 4.69) is 21.2 Å². The molecule has 0 aliphatic heterocycles. The third-order valence-corrected chi connectivity index (χ3v) is 4.76. The largest absolute Gasteiger partial charge is 0.347 e. The summed E-state index contributed by atoms with van der Waals surface area (Å²) in [4.78, 5) is 23.3. The van der Waals surface area contributed by atoms with E-state index in [0.717, 1.165) is 9.35 Å². The van der Waals surface area contributed by atoms with Gasteiger partial charge in [0.1, 0.15) is 5.56 Å². The van der Waals surface area contributed by atoms with Crippen LogP contribution >= 0.6 is 38.9 Å². The highest BCUT2D eigenvalue weighted by Gasteiger charge is 2.23. The summed E-state index contributed by atoms with van der Waals surface area (Å²) in [7, 11) is 0. The van der Waals surface area contributed by atoms with Crippen LogP contribution in [0.5, 0.6) is 0 Å². The first-order chi connectivity index (χ1) is 9.50. The van der Waals surface area contributed by atoms with E-state index in [1.165, 1.54) is 29.5 Å². The Morgan fingerprint density at radius 1 is 1.45 bits per heavy atom. The monoisotopic (exact) mass is 374 g/mol. The number of nitrogens with zero attached hydrogens (tertiary/aromatic N) is 1. The van der Waals surface area contributed by atoms with Crippen molar-refractivity contribution in [3.63, 3.8) is 0 Å². The standard InChI is InChI=1S/C12H8BrClN2O3S/c13-7-4-5-20-10(7)6-15-12(17)11-8(14)2-1-3-9(11)16(18)19/h1-5H,6H2,(H,15,17). The fourth-order valence-electron chi connectivity index (χ4n) is 1.59. The Morgan fingerprint density at radius 3 is 2.80 bits per heavy atom. The predicted octanol–water partition coefficient (Wildman–Crippen LogP) is 4.00. The Hall–Kier alpha value is -1.44. The number of carbonyl (C=O) groups excluding carboxylic acids is 1. The van der Waals surface area contributed by atoms with E-state index in [-0.39, 0.29) is 22.8 Å². The lowest BCUT2D eigenvalue weighted by molar-refractivity contribution is -0.385. The maximum Gasteiger partial charge on any atom is 0.283 e. The molecule has 0 bridgehead atoms. The van der Waals surface area contributed by atoms with Crippen LogP contribution in [0, 0.1) is 10.1 Å². The van der Waals surface area contributed by atoms with E-state index >= 15 is 0 Å². The summed E-state index contributed by atoms with van der Waals surface area (Å²) in [5.41, 5.74) is -0.424. The molecule has 2 aromatic rings. The minimum atomic E-state index is -0.623. The van der Waals surface area contributed by atoms with E-state index in [0.29, 0.717) is 0 Å². The number of nitrogens with one attached hydrogen (secondary N) is 1. The number of carbonyl (C=O) groups is 1. The molecule has 0 saturated heterocycles. The maximum absolute atomic E-state index is 12.1. The fourth-order valence-corrected chi connectivity index (χ4v) is 3.28. The molecule has 5 nitrogen and oxygen atoms in total. The van der Waals surface area contributed by atoms with Gasteiger partial charge >= 0.3 is 0 Å². The highest BCUT2D eigenvalue weighted by atomic mass is 79.9.